The van der Waals surface area contributed by atoms with Crippen LogP contribution in [-0.2, 0) is 0 Å². The molecular formula is C12H9Cl2IN2. The van der Waals surface area contributed by atoms with Gasteiger partial charge >= 0.3 is 0 Å². The van der Waals surface area contributed by atoms with E-state index in [1.54, 1.807) is 18.2 Å². The Kier molecular flexibility index (Phi) is 4.01. The van der Waals surface area contributed by atoms with Crippen LogP contribution in [0.5, 0.6) is 0 Å². The molecule has 5 heteroatoms. The van der Waals surface area contributed by atoms with Crippen LogP contribution in [0.2, 0.25) is 10.0 Å². The van der Waals surface area contributed by atoms with Crippen LogP contribution in [0, 0.1) is 3.57 Å². The highest BCUT2D eigenvalue weighted by molar-refractivity contribution is 14.1. The van der Waals surface area contributed by atoms with Gasteiger partial charge in [-0.1, -0.05) is 23.2 Å². The molecule has 0 spiro atoms. The van der Waals surface area contributed by atoms with Crippen molar-refractivity contribution in [3.63, 3.8) is 0 Å². The third-order valence-electron chi connectivity index (χ3n) is 2.16. The lowest BCUT2D eigenvalue weighted by Crippen LogP contribution is -1.96. The van der Waals surface area contributed by atoms with Crippen molar-refractivity contribution >= 4 is 62.9 Å². The molecule has 0 bridgehead atoms. The Morgan fingerprint density at radius 2 is 1.65 bits per heavy atom. The molecule has 0 amide bonds. The van der Waals surface area contributed by atoms with Crippen molar-refractivity contribution in [3.05, 3.63) is 50.0 Å². The SMILES string of the molecule is Nc1cc(I)ccc1Nc1cc(Cl)cc(Cl)c1. The summed E-state index contributed by atoms with van der Waals surface area (Å²) in [6.45, 7) is 0. The van der Waals surface area contributed by atoms with Crippen molar-refractivity contribution in [1.82, 2.24) is 0 Å². The average Bonchev–Trinajstić information content (AvgIpc) is 2.21. The molecular weight excluding hydrogens is 370 g/mol. The predicted molar refractivity (Wildman–Crippen MR) is 83.3 cm³/mol. The molecule has 0 aromatic heterocycles. The van der Waals surface area contributed by atoms with Crippen molar-refractivity contribution in [2.45, 2.75) is 0 Å². The first-order valence-corrected chi connectivity index (χ1v) is 6.66. The van der Waals surface area contributed by atoms with Gasteiger partial charge in [0.15, 0.2) is 0 Å². The zero-order valence-corrected chi connectivity index (χ0v) is 12.3. The van der Waals surface area contributed by atoms with E-state index in [1.807, 2.05) is 18.2 Å². The maximum Gasteiger partial charge on any atom is 0.0618 e. The molecule has 0 atom stereocenters. The van der Waals surface area contributed by atoms with E-state index in [9.17, 15) is 0 Å². The lowest BCUT2D eigenvalue weighted by molar-refractivity contribution is 1.53. The summed E-state index contributed by atoms with van der Waals surface area (Å²) in [4.78, 5) is 0. The number of benzene rings is 2. The minimum Gasteiger partial charge on any atom is -0.397 e. The van der Waals surface area contributed by atoms with Crippen molar-refractivity contribution in [3.8, 4) is 0 Å². The molecule has 2 aromatic rings. The van der Waals surface area contributed by atoms with E-state index >= 15 is 0 Å². The first kappa shape index (κ1) is 12.8. The lowest BCUT2D eigenvalue weighted by Gasteiger charge is -2.10. The molecule has 88 valence electrons. The van der Waals surface area contributed by atoms with E-state index < -0.39 is 0 Å². The molecule has 0 aliphatic rings. The monoisotopic (exact) mass is 378 g/mol. The first-order valence-electron chi connectivity index (χ1n) is 4.83. The Balaban J connectivity index is 2.31. The summed E-state index contributed by atoms with van der Waals surface area (Å²) in [5.74, 6) is 0. The van der Waals surface area contributed by atoms with Crippen LogP contribution in [0.1, 0.15) is 0 Å². The van der Waals surface area contributed by atoms with Gasteiger partial charge in [0.05, 0.1) is 11.4 Å². The summed E-state index contributed by atoms with van der Waals surface area (Å²) in [5.41, 5.74) is 8.25. The number of hydrogen-bond donors (Lipinski definition) is 2. The first-order chi connectivity index (χ1) is 8.04. The third-order valence-corrected chi connectivity index (χ3v) is 3.26. The second-order valence-corrected chi connectivity index (χ2v) is 5.63. The van der Waals surface area contributed by atoms with Gasteiger partial charge in [0, 0.05) is 19.3 Å². The Bertz CT molecular complexity index is 538. The normalized spacial score (nSPS) is 10.3. The molecule has 2 nitrogen and oxygen atoms in total. The van der Waals surface area contributed by atoms with Crippen LogP contribution in [0.15, 0.2) is 36.4 Å². The average molecular weight is 379 g/mol. The standard InChI is InChI=1S/C12H9Cl2IN2/c13-7-3-8(14)5-10(4-7)17-12-2-1-9(15)6-11(12)16/h1-6,17H,16H2. The van der Waals surface area contributed by atoms with E-state index in [0.29, 0.717) is 15.7 Å². The Hall–Kier alpha value is -0.650. The smallest absolute Gasteiger partial charge is 0.0618 e. The molecule has 0 aliphatic carbocycles. The number of hydrogen-bond acceptors (Lipinski definition) is 2. The van der Waals surface area contributed by atoms with E-state index in [1.165, 1.54) is 0 Å². The summed E-state index contributed by atoms with van der Waals surface area (Å²) in [7, 11) is 0. The van der Waals surface area contributed by atoms with Crippen molar-refractivity contribution < 1.29 is 0 Å². The largest absolute Gasteiger partial charge is 0.397 e. The Morgan fingerprint density at radius 1 is 1.00 bits per heavy atom. The maximum atomic E-state index is 5.92. The van der Waals surface area contributed by atoms with Crippen molar-refractivity contribution in [1.29, 1.82) is 0 Å². The second-order valence-electron chi connectivity index (χ2n) is 3.51. The number of rotatable bonds is 2. The van der Waals surface area contributed by atoms with Gasteiger partial charge in [0.1, 0.15) is 0 Å². The van der Waals surface area contributed by atoms with Gasteiger partial charge in [-0.3, -0.25) is 0 Å². The lowest BCUT2D eigenvalue weighted by atomic mass is 10.2. The molecule has 0 aliphatic heterocycles. The molecule has 0 saturated heterocycles. The molecule has 3 N–H and O–H groups in total. The van der Waals surface area contributed by atoms with Gasteiger partial charge in [-0.2, -0.15) is 0 Å². The zero-order chi connectivity index (χ0) is 12.4. The summed E-state index contributed by atoms with van der Waals surface area (Å²) >= 11 is 14.1. The summed E-state index contributed by atoms with van der Waals surface area (Å²) in [6.07, 6.45) is 0. The zero-order valence-electron chi connectivity index (χ0n) is 8.68. The van der Waals surface area contributed by atoms with Gasteiger partial charge in [-0.15, -0.1) is 0 Å². The maximum absolute atomic E-state index is 5.92. The van der Waals surface area contributed by atoms with E-state index in [0.717, 1.165) is 14.9 Å². The van der Waals surface area contributed by atoms with E-state index in [4.69, 9.17) is 28.9 Å². The predicted octanol–water partition coefficient (Wildman–Crippen LogP) is 4.92. The fraction of sp³-hybridized carbons (Fsp3) is 0. The van der Waals surface area contributed by atoms with Crippen LogP contribution < -0.4 is 11.1 Å². The topological polar surface area (TPSA) is 38.0 Å². The molecule has 2 rings (SSSR count). The van der Waals surface area contributed by atoms with Crippen LogP contribution in [0.4, 0.5) is 17.1 Å². The molecule has 0 fully saturated rings. The number of nitrogens with two attached hydrogens (primary N) is 1. The van der Waals surface area contributed by atoms with Gasteiger partial charge in [-0.25, -0.2) is 0 Å². The Morgan fingerprint density at radius 3 is 2.24 bits per heavy atom. The van der Waals surface area contributed by atoms with Crippen LogP contribution in [0.25, 0.3) is 0 Å². The molecule has 0 radical (unpaired) electrons. The minimum atomic E-state index is 0.587. The second kappa shape index (κ2) is 5.33. The highest BCUT2D eigenvalue weighted by atomic mass is 127. The van der Waals surface area contributed by atoms with Gasteiger partial charge in [0.2, 0.25) is 0 Å². The number of nitrogen functional groups attached to an aromatic ring is 1. The highest BCUT2D eigenvalue weighted by Crippen LogP contribution is 2.28. The van der Waals surface area contributed by atoms with Crippen molar-refractivity contribution in [2.75, 3.05) is 11.1 Å². The molecule has 0 saturated carbocycles. The summed E-state index contributed by atoms with van der Waals surface area (Å²) in [5, 5.41) is 4.36. The van der Waals surface area contributed by atoms with Gasteiger partial charge < -0.3 is 11.1 Å². The minimum absolute atomic E-state index is 0.587. The fourth-order valence-corrected chi connectivity index (χ4v) is 2.47. The molecule has 2 aromatic carbocycles. The van der Waals surface area contributed by atoms with E-state index in [2.05, 4.69) is 27.9 Å². The van der Waals surface area contributed by atoms with Crippen LogP contribution in [0.3, 0.4) is 0 Å². The van der Waals surface area contributed by atoms with Gasteiger partial charge in [0.25, 0.3) is 0 Å². The van der Waals surface area contributed by atoms with Crippen LogP contribution >= 0.6 is 45.8 Å². The third kappa shape index (κ3) is 3.40. The Labute approximate surface area is 123 Å². The van der Waals surface area contributed by atoms with Crippen molar-refractivity contribution in [2.24, 2.45) is 0 Å². The summed E-state index contributed by atoms with van der Waals surface area (Å²) < 4.78 is 1.09. The molecule has 17 heavy (non-hydrogen) atoms. The number of nitrogens with one attached hydrogen (secondary N) is 1. The van der Waals surface area contributed by atoms with E-state index in [-0.39, 0.29) is 0 Å². The number of halogens is 3. The quantitative estimate of drug-likeness (QED) is 0.574. The van der Waals surface area contributed by atoms with Crippen LogP contribution in [-0.4, -0.2) is 0 Å². The molecule has 0 unspecified atom stereocenters. The molecule has 0 heterocycles. The van der Waals surface area contributed by atoms with Gasteiger partial charge in [-0.05, 0) is 59.0 Å². The highest BCUT2D eigenvalue weighted by Gasteiger charge is 2.02. The summed E-state index contributed by atoms with van der Waals surface area (Å²) in [6, 6.07) is 11.1. The fourth-order valence-electron chi connectivity index (χ4n) is 1.43. The number of anilines is 3.